The molecule has 188 valence electrons. The highest BCUT2D eigenvalue weighted by Crippen LogP contribution is 2.31. The molecule has 1 N–H and O–H groups in total. The van der Waals surface area contributed by atoms with Gasteiger partial charge in [0.05, 0.1) is 17.0 Å². The van der Waals surface area contributed by atoms with E-state index in [1.165, 1.54) is 55.3 Å². The average Bonchev–Trinajstić information content (AvgIpc) is 2.94. The molecule has 1 amide bonds. The molecule has 2 heterocycles. The molecule has 1 atom stereocenters. The van der Waals surface area contributed by atoms with Crippen LogP contribution in [0.5, 0.6) is 0 Å². The molecule has 0 spiro atoms. The lowest BCUT2D eigenvalue weighted by Gasteiger charge is -2.29. The SMILES string of the molecule is O=C(N[C@@H]1CCCc2cc(CN3CCCCC3)ccc21)c1ccc(-c2coc3ccccc3c2=O)cc1. The van der Waals surface area contributed by atoms with Crippen molar-refractivity contribution in [1.29, 1.82) is 0 Å². The molecule has 0 saturated carbocycles. The molecule has 5 heteroatoms. The van der Waals surface area contributed by atoms with Gasteiger partial charge in [0.2, 0.25) is 0 Å². The minimum Gasteiger partial charge on any atom is -0.463 e. The third kappa shape index (κ3) is 4.96. The van der Waals surface area contributed by atoms with Crippen molar-refractivity contribution in [2.24, 2.45) is 0 Å². The Labute approximate surface area is 217 Å². The summed E-state index contributed by atoms with van der Waals surface area (Å²) in [5, 5.41) is 3.81. The van der Waals surface area contributed by atoms with Crippen molar-refractivity contribution in [3.8, 4) is 11.1 Å². The van der Waals surface area contributed by atoms with E-state index in [0.717, 1.165) is 31.4 Å². The molecule has 2 aliphatic rings. The Morgan fingerprint density at radius 2 is 1.76 bits per heavy atom. The van der Waals surface area contributed by atoms with Gasteiger partial charge in [-0.1, -0.05) is 48.9 Å². The first-order valence-electron chi connectivity index (χ1n) is 13.4. The van der Waals surface area contributed by atoms with Crippen LogP contribution in [0.4, 0.5) is 0 Å². The largest absolute Gasteiger partial charge is 0.463 e. The minimum atomic E-state index is -0.0904. The summed E-state index contributed by atoms with van der Waals surface area (Å²) in [6.45, 7) is 3.41. The number of piperidine rings is 1. The van der Waals surface area contributed by atoms with Gasteiger partial charge in [0.1, 0.15) is 11.8 Å². The molecular formula is C32H32N2O3. The quantitative estimate of drug-likeness (QED) is 0.358. The van der Waals surface area contributed by atoms with Crippen molar-refractivity contribution in [1.82, 2.24) is 10.2 Å². The van der Waals surface area contributed by atoms with Crippen LogP contribution in [-0.4, -0.2) is 23.9 Å². The zero-order chi connectivity index (χ0) is 25.2. The Hall–Kier alpha value is -3.70. The van der Waals surface area contributed by atoms with Gasteiger partial charge < -0.3 is 9.73 Å². The lowest BCUT2D eigenvalue weighted by molar-refractivity contribution is 0.0932. The Balaban J connectivity index is 1.16. The summed E-state index contributed by atoms with van der Waals surface area (Å²) in [4.78, 5) is 28.6. The first-order chi connectivity index (χ1) is 18.2. The maximum absolute atomic E-state index is 13.1. The van der Waals surface area contributed by atoms with E-state index in [4.69, 9.17) is 4.42 Å². The van der Waals surface area contributed by atoms with Gasteiger partial charge in [-0.05, 0) is 91.7 Å². The molecule has 1 saturated heterocycles. The van der Waals surface area contributed by atoms with Crippen LogP contribution >= 0.6 is 0 Å². The number of benzene rings is 3. The summed E-state index contributed by atoms with van der Waals surface area (Å²) in [6, 6.07) is 21.3. The third-order valence-electron chi connectivity index (χ3n) is 7.82. The van der Waals surface area contributed by atoms with Gasteiger partial charge in [-0.2, -0.15) is 0 Å². The summed E-state index contributed by atoms with van der Waals surface area (Å²) < 4.78 is 5.66. The van der Waals surface area contributed by atoms with Crippen molar-refractivity contribution >= 4 is 16.9 Å². The van der Waals surface area contributed by atoms with E-state index in [1.54, 1.807) is 24.3 Å². The molecule has 3 aromatic carbocycles. The van der Waals surface area contributed by atoms with Gasteiger partial charge >= 0.3 is 0 Å². The van der Waals surface area contributed by atoms with Gasteiger partial charge in [-0.15, -0.1) is 0 Å². The molecule has 1 aromatic heterocycles. The van der Waals surface area contributed by atoms with Crippen LogP contribution in [0, 0.1) is 0 Å². The molecule has 6 rings (SSSR count). The van der Waals surface area contributed by atoms with Crippen LogP contribution in [0.2, 0.25) is 0 Å². The van der Waals surface area contributed by atoms with E-state index >= 15 is 0 Å². The normalized spacial score (nSPS) is 17.9. The first-order valence-corrected chi connectivity index (χ1v) is 13.4. The average molecular weight is 493 g/mol. The second-order valence-electron chi connectivity index (χ2n) is 10.3. The van der Waals surface area contributed by atoms with Crippen LogP contribution in [0.1, 0.15) is 65.2 Å². The number of para-hydroxylation sites is 1. The van der Waals surface area contributed by atoms with Gasteiger partial charge in [0.15, 0.2) is 5.43 Å². The molecule has 1 aliphatic heterocycles. The van der Waals surface area contributed by atoms with Crippen LogP contribution in [0.15, 0.2) is 82.2 Å². The lowest BCUT2D eigenvalue weighted by Crippen LogP contribution is -2.31. The summed E-state index contributed by atoms with van der Waals surface area (Å²) >= 11 is 0. The fourth-order valence-electron chi connectivity index (χ4n) is 5.81. The predicted molar refractivity (Wildman–Crippen MR) is 147 cm³/mol. The summed E-state index contributed by atoms with van der Waals surface area (Å²) in [6.07, 6.45) is 8.54. The monoisotopic (exact) mass is 492 g/mol. The molecule has 37 heavy (non-hydrogen) atoms. The Kier molecular flexibility index (Phi) is 6.62. The zero-order valence-corrected chi connectivity index (χ0v) is 21.0. The van der Waals surface area contributed by atoms with Gasteiger partial charge in [-0.25, -0.2) is 0 Å². The highest BCUT2D eigenvalue weighted by atomic mass is 16.3. The van der Waals surface area contributed by atoms with E-state index in [0.29, 0.717) is 22.1 Å². The Morgan fingerprint density at radius 3 is 2.59 bits per heavy atom. The Morgan fingerprint density at radius 1 is 0.946 bits per heavy atom. The maximum atomic E-state index is 13.1. The minimum absolute atomic E-state index is 0.0208. The number of aryl methyl sites for hydroxylation is 1. The smallest absolute Gasteiger partial charge is 0.251 e. The second kappa shape index (κ2) is 10.3. The standard InChI is InChI=1S/C32H32N2O3/c35-31-27-8-2-3-10-30(27)37-21-28(31)23-12-14-24(15-13-23)32(36)33-29-9-6-7-25-19-22(11-16-26(25)29)20-34-17-4-1-5-18-34/h2-3,8,10-16,19,21,29H,1,4-7,9,17-18,20H2,(H,33,36)/t29-/m1/s1. The molecule has 0 unspecified atom stereocenters. The summed E-state index contributed by atoms with van der Waals surface area (Å²) in [5.41, 5.74) is 6.30. The van der Waals surface area contributed by atoms with Crippen molar-refractivity contribution in [2.75, 3.05) is 13.1 Å². The highest BCUT2D eigenvalue weighted by molar-refractivity contribution is 5.95. The lowest BCUT2D eigenvalue weighted by atomic mass is 9.86. The van der Waals surface area contributed by atoms with Crippen LogP contribution in [-0.2, 0) is 13.0 Å². The van der Waals surface area contributed by atoms with Crippen molar-refractivity contribution in [3.63, 3.8) is 0 Å². The molecule has 5 nitrogen and oxygen atoms in total. The summed E-state index contributed by atoms with van der Waals surface area (Å²) in [5.74, 6) is -0.0904. The molecule has 0 bridgehead atoms. The molecule has 4 aromatic rings. The van der Waals surface area contributed by atoms with Gasteiger partial charge in [-0.3, -0.25) is 14.5 Å². The number of hydrogen-bond acceptors (Lipinski definition) is 4. The number of rotatable bonds is 5. The number of nitrogens with one attached hydrogen (secondary N) is 1. The van der Waals surface area contributed by atoms with E-state index < -0.39 is 0 Å². The first kappa shape index (κ1) is 23.7. The van der Waals surface area contributed by atoms with Gasteiger partial charge in [0, 0.05) is 12.1 Å². The van der Waals surface area contributed by atoms with Gasteiger partial charge in [0.25, 0.3) is 5.91 Å². The highest BCUT2D eigenvalue weighted by Gasteiger charge is 2.23. The summed E-state index contributed by atoms with van der Waals surface area (Å²) in [7, 11) is 0. The molecule has 1 aliphatic carbocycles. The number of carbonyl (C=O) groups is 1. The number of fused-ring (bicyclic) bond motifs is 2. The topological polar surface area (TPSA) is 62.6 Å². The van der Waals surface area contributed by atoms with Crippen molar-refractivity contribution < 1.29 is 9.21 Å². The van der Waals surface area contributed by atoms with E-state index in [9.17, 15) is 9.59 Å². The maximum Gasteiger partial charge on any atom is 0.251 e. The third-order valence-corrected chi connectivity index (χ3v) is 7.82. The van der Waals surface area contributed by atoms with Crippen LogP contribution in [0.25, 0.3) is 22.1 Å². The number of carbonyl (C=O) groups excluding carboxylic acids is 1. The van der Waals surface area contributed by atoms with E-state index in [2.05, 4.69) is 28.4 Å². The fraction of sp³-hybridized carbons (Fsp3) is 0.312. The molecule has 1 fully saturated rings. The van der Waals surface area contributed by atoms with Crippen LogP contribution in [0.3, 0.4) is 0 Å². The van der Waals surface area contributed by atoms with E-state index in [-0.39, 0.29) is 17.4 Å². The Bertz CT molecular complexity index is 1480. The van der Waals surface area contributed by atoms with Crippen LogP contribution < -0.4 is 10.7 Å². The molecular weight excluding hydrogens is 460 g/mol. The van der Waals surface area contributed by atoms with Crippen molar-refractivity contribution in [3.05, 3.63) is 105 Å². The number of likely N-dealkylation sites (tertiary alicyclic amines) is 1. The number of nitrogens with zero attached hydrogens (tertiary/aromatic N) is 1. The molecule has 0 radical (unpaired) electrons. The van der Waals surface area contributed by atoms with E-state index in [1.807, 2.05) is 24.3 Å². The fourth-order valence-corrected chi connectivity index (χ4v) is 5.81. The predicted octanol–water partition coefficient (Wildman–Crippen LogP) is 6.25. The van der Waals surface area contributed by atoms with Crippen molar-refractivity contribution in [2.45, 2.75) is 51.1 Å². The zero-order valence-electron chi connectivity index (χ0n) is 21.0. The number of amides is 1. The number of hydrogen-bond donors (Lipinski definition) is 1. The second-order valence-corrected chi connectivity index (χ2v) is 10.3.